The first-order valence-electron chi connectivity index (χ1n) is 13.2. The van der Waals surface area contributed by atoms with Crippen LogP contribution in [0.2, 0.25) is 0 Å². The normalized spacial score (nSPS) is 29.6. The minimum Gasteiger partial charge on any atom is -0.466 e. The molecule has 1 aliphatic carbocycles. The summed E-state index contributed by atoms with van der Waals surface area (Å²) in [5.41, 5.74) is -0.693. The molecule has 2 atom stereocenters. The lowest BCUT2D eigenvalue weighted by Crippen LogP contribution is -2.73. The summed E-state index contributed by atoms with van der Waals surface area (Å²) in [6.07, 6.45) is 5.01. The van der Waals surface area contributed by atoms with Crippen LogP contribution in [0.25, 0.3) is 0 Å². The molecule has 0 aromatic rings. The molecule has 1 unspecified atom stereocenters. The third-order valence-corrected chi connectivity index (χ3v) is 7.34. The fourth-order valence-electron chi connectivity index (χ4n) is 5.76. The van der Waals surface area contributed by atoms with Crippen LogP contribution in [-0.4, -0.2) is 85.7 Å². The standard InChI is InChI=1S/C26H46N2O7/c1-8-33-22(29)20-11-13-21(14-12-20)34-26(27-15-9-10-16-27,23(30)35-24(3,4)5)28-18-19(2)17-25(28,31-6)32-7/h19-21H,8-18H2,1-7H3/t19-,20?,21?,26?/m0/s1. The second kappa shape index (κ2) is 11.4. The number of methoxy groups -OCH3 is 2. The third kappa shape index (κ3) is 6.01. The molecule has 2 aliphatic heterocycles. The minimum absolute atomic E-state index is 0.124. The predicted molar refractivity (Wildman–Crippen MR) is 130 cm³/mol. The molecule has 3 fully saturated rings. The molecule has 0 aromatic heterocycles. The van der Waals surface area contributed by atoms with Gasteiger partial charge in [0.15, 0.2) is 0 Å². The number of hydrogen-bond donors (Lipinski definition) is 0. The molecule has 3 rings (SSSR count). The van der Waals surface area contributed by atoms with Crippen molar-refractivity contribution < 1.29 is 33.3 Å². The summed E-state index contributed by atoms with van der Waals surface area (Å²) in [6, 6.07) is 0. The maximum absolute atomic E-state index is 14.2. The van der Waals surface area contributed by atoms with Gasteiger partial charge in [-0.3, -0.25) is 9.69 Å². The second-order valence-electron chi connectivity index (χ2n) is 11.2. The monoisotopic (exact) mass is 498 g/mol. The van der Waals surface area contributed by atoms with E-state index in [1.165, 1.54) is 0 Å². The zero-order chi connectivity index (χ0) is 25.9. The van der Waals surface area contributed by atoms with E-state index in [2.05, 4.69) is 11.8 Å². The molecule has 0 N–H and O–H groups in total. The van der Waals surface area contributed by atoms with Crippen molar-refractivity contribution in [2.75, 3.05) is 40.5 Å². The van der Waals surface area contributed by atoms with E-state index in [1.54, 1.807) is 14.2 Å². The fraction of sp³-hybridized carbons (Fsp3) is 0.923. The van der Waals surface area contributed by atoms with Gasteiger partial charge in [-0.2, -0.15) is 0 Å². The Morgan fingerprint density at radius 2 is 1.60 bits per heavy atom. The van der Waals surface area contributed by atoms with Gasteiger partial charge in [-0.25, -0.2) is 9.69 Å². The Kier molecular flexibility index (Phi) is 9.24. The van der Waals surface area contributed by atoms with E-state index in [0.717, 1.165) is 12.8 Å². The molecule has 0 radical (unpaired) electrons. The van der Waals surface area contributed by atoms with Crippen molar-refractivity contribution in [3.63, 3.8) is 0 Å². The first kappa shape index (κ1) is 28.3. The second-order valence-corrected chi connectivity index (χ2v) is 11.2. The van der Waals surface area contributed by atoms with Crippen LogP contribution in [-0.2, 0) is 33.3 Å². The van der Waals surface area contributed by atoms with Gasteiger partial charge in [0.1, 0.15) is 5.60 Å². The van der Waals surface area contributed by atoms with Crippen molar-refractivity contribution in [2.45, 2.75) is 103 Å². The molecular formula is C26H46N2O7. The van der Waals surface area contributed by atoms with Crippen molar-refractivity contribution >= 4 is 11.9 Å². The Hall–Kier alpha value is -1.26. The van der Waals surface area contributed by atoms with Gasteiger partial charge < -0.3 is 23.7 Å². The SMILES string of the molecule is CCOC(=O)C1CCC(OC(C(=O)OC(C)(C)C)(N2CCCC2)N2C[C@@H](C)CC2(OC)OC)CC1. The van der Waals surface area contributed by atoms with Gasteiger partial charge in [0.2, 0.25) is 5.91 Å². The van der Waals surface area contributed by atoms with Gasteiger partial charge in [-0.05, 0) is 72.1 Å². The first-order valence-corrected chi connectivity index (χ1v) is 13.2. The minimum atomic E-state index is -1.48. The number of likely N-dealkylation sites (tertiary alicyclic amines) is 2. The van der Waals surface area contributed by atoms with Crippen LogP contribution >= 0.6 is 0 Å². The number of hydrogen-bond acceptors (Lipinski definition) is 9. The van der Waals surface area contributed by atoms with Crippen molar-refractivity contribution in [2.24, 2.45) is 11.8 Å². The average molecular weight is 499 g/mol. The zero-order valence-corrected chi connectivity index (χ0v) is 22.8. The Morgan fingerprint density at radius 3 is 2.11 bits per heavy atom. The van der Waals surface area contributed by atoms with E-state index in [4.69, 9.17) is 23.7 Å². The lowest BCUT2D eigenvalue weighted by molar-refractivity contribution is -0.371. The highest BCUT2D eigenvalue weighted by molar-refractivity contribution is 5.79. The van der Waals surface area contributed by atoms with Crippen molar-refractivity contribution in [1.29, 1.82) is 0 Å². The van der Waals surface area contributed by atoms with Gasteiger partial charge in [-0.1, -0.05) is 6.92 Å². The number of carbonyl (C=O) groups excluding carboxylic acids is 2. The molecule has 35 heavy (non-hydrogen) atoms. The van der Waals surface area contributed by atoms with Crippen LogP contribution in [0.1, 0.15) is 79.6 Å². The topological polar surface area (TPSA) is 86.8 Å². The highest BCUT2D eigenvalue weighted by Gasteiger charge is 2.64. The molecule has 202 valence electrons. The molecule has 9 heteroatoms. The Bertz CT molecular complexity index is 722. The summed E-state index contributed by atoms with van der Waals surface area (Å²) in [5, 5.41) is 0. The molecule has 1 saturated carbocycles. The summed E-state index contributed by atoms with van der Waals surface area (Å²) >= 11 is 0. The smallest absolute Gasteiger partial charge is 0.371 e. The number of ether oxygens (including phenoxy) is 5. The molecule has 0 bridgehead atoms. The van der Waals surface area contributed by atoms with Crippen molar-refractivity contribution in [3.8, 4) is 0 Å². The third-order valence-electron chi connectivity index (χ3n) is 7.34. The van der Waals surface area contributed by atoms with Crippen LogP contribution in [0.15, 0.2) is 0 Å². The highest BCUT2D eigenvalue weighted by Crippen LogP contribution is 2.45. The lowest BCUT2D eigenvalue weighted by Gasteiger charge is -2.52. The van der Waals surface area contributed by atoms with E-state index in [1.807, 2.05) is 32.6 Å². The zero-order valence-electron chi connectivity index (χ0n) is 22.8. The van der Waals surface area contributed by atoms with Crippen LogP contribution in [0, 0.1) is 11.8 Å². The number of rotatable bonds is 9. The van der Waals surface area contributed by atoms with Crippen LogP contribution in [0.4, 0.5) is 0 Å². The Morgan fingerprint density at radius 1 is 1.00 bits per heavy atom. The van der Waals surface area contributed by atoms with Gasteiger partial charge in [-0.15, -0.1) is 0 Å². The van der Waals surface area contributed by atoms with E-state index in [0.29, 0.717) is 58.3 Å². The average Bonchev–Trinajstić information content (AvgIpc) is 3.45. The first-order chi connectivity index (χ1) is 16.5. The van der Waals surface area contributed by atoms with Crippen LogP contribution in [0.3, 0.4) is 0 Å². The summed E-state index contributed by atoms with van der Waals surface area (Å²) in [7, 11) is 3.23. The molecule has 2 saturated heterocycles. The summed E-state index contributed by atoms with van der Waals surface area (Å²) in [6.45, 7) is 11.9. The largest absolute Gasteiger partial charge is 0.466 e. The maximum Gasteiger partial charge on any atom is 0.371 e. The lowest BCUT2D eigenvalue weighted by atomic mass is 9.87. The Labute approximate surface area is 210 Å². The quantitative estimate of drug-likeness (QED) is 0.350. The van der Waals surface area contributed by atoms with E-state index >= 15 is 0 Å². The number of nitrogens with zero attached hydrogens (tertiary/aromatic N) is 2. The molecule has 3 aliphatic rings. The molecule has 0 amide bonds. The summed E-state index contributed by atoms with van der Waals surface area (Å²) < 4.78 is 30.1. The maximum atomic E-state index is 14.2. The Balaban J connectivity index is 1.98. The number of esters is 2. The summed E-state index contributed by atoms with van der Waals surface area (Å²) in [5.74, 6) is -3.07. The van der Waals surface area contributed by atoms with Gasteiger partial charge >= 0.3 is 11.9 Å². The molecule has 2 heterocycles. The molecule has 0 spiro atoms. The van der Waals surface area contributed by atoms with Gasteiger partial charge in [0.05, 0.1) is 18.6 Å². The van der Waals surface area contributed by atoms with Gasteiger partial charge in [0.25, 0.3) is 5.85 Å². The van der Waals surface area contributed by atoms with Crippen molar-refractivity contribution in [3.05, 3.63) is 0 Å². The summed E-state index contributed by atoms with van der Waals surface area (Å²) in [4.78, 5) is 30.5. The van der Waals surface area contributed by atoms with E-state index in [9.17, 15) is 9.59 Å². The fourth-order valence-corrected chi connectivity index (χ4v) is 5.76. The van der Waals surface area contributed by atoms with Crippen molar-refractivity contribution in [1.82, 2.24) is 9.80 Å². The van der Waals surface area contributed by atoms with E-state index in [-0.39, 0.29) is 23.9 Å². The predicted octanol–water partition coefficient (Wildman–Crippen LogP) is 3.50. The van der Waals surface area contributed by atoms with Gasteiger partial charge in [0, 0.05) is 40.3 Å². The van der Waals surface area contributed by atoms with Crippen LogP contribution < -0.4 is 0 Å². The molecular weight excluding hydrogens is 452 g/mol. The number of carbonyl (C=O) groups is 2. The highest BCUT2D eigenvalue weighted by atomic mass is 16.7. The molecule has 9 nitrogen and oxygen atoms in total. The van der Waals surface area contributed by atoms with Crippen LogP contribution in [0.5, 0.6) is 0 Å². The van der Waals surface area contributed by atoms with E-state index < -0.39 is 23.3 Å². The molecule has 0 aromatic carbocycles.